The number of benzene rings is 1. The van der Waals surface area contributed by atoms with Crippen LogP contribution < -0.4 is 0 Å². The zero-order valence-corrected chi connectivity index (χ0v) is 9.67. The molecule has 0 saturated heterocycles. The molecular weight excluding hydrogens is 210 g/mol. The molecule has 2 aromatic heterocycles. The largest absolute Gasteiger partial charge is 0.227 e. The minimum atomic E-state index is 0.879. The molecule has 0 N–H and O–H groups in total. The van der Waals surface area contributed by atoms with Crippen LogP contribution in [0.5, 0.6) is 0 Å². The molecule has 84 valence electrons. The van der Waals surface area contributed by atoms with Crippen LogP contribution in [0.2, 0.25) is 0 Å². The number of nitrogens with zero attached hydrogens (tertiary/aromatic N) is 3. The minimum Gasteiger partial charge on any atom is -0.227 e. The summed E-state index contributed by atoms with van der Waals surface area (Å²) in [7, 11) is 0. The van der Waals surface area contributed by atoms with E-state index in [0.717, 1.165) is 23.3 Å². The highest BCUT2D eigenvalue weighted by molar-refractivity contribution is 5.62. The van der Waals surface area contributed by atoms with Gasteiger partial charge >= 0.3 is 0 Å². The van der Waals surface area contributed by atoms with Crippen molar-refractivity contribution in [3.63, 3.8) is 0 Å². The molecule has 0 aliphatic rings. The zero-order valence-electron chi connectivity index (χ0n) is 9.67. The van der Waals surface area contributed by atoms with Gasteiger partial charge in [0.2, 0.25) is 0 Å². The van der Waals surface area contributed by atoms with Crippen LogP contribution in [0.15, 0.2) is 48.8 Å². The number of hydrogen-bond donors (Lipinski definition) is 0. The highest BCUT2D eigenvalue weighted by atomic mass is 15.2. The Morgan fingerprint density at radius 1 is 1.18 bits per heavy atom. The first-order valence-electron chi connectivity index (χ1n) is 5.76. The first-order valence-corrected chi connectivity index (χ1v) is 5.76. The molecule has 2 heterocycles. The van der Waals surface area contributed by atoms with Gasteiger partial charge in [-0.3, -0.25) is 0 Å². The zero-order chi connectivity index (χ0) is 11.7. The fourth-order valence-electron chi connectivity index (χ4n) is 1.92. The summed E-state index contributed by atoms with van der Waals surface area (Å²) in [5.74, 6) is 0. The highest BCUT2D eigenvalue weighted by Gasteiger charge is 2.04. The molecule has 17 heavy (non-hydrogen) atoms. The predicted octanol–water partition coefficient (Wildman–Crippen LogP) is 2.96. The van der Waals surface area contributed by atoms with Crippen molar-refractivity contribution >= 4 is 5.65 Å². The van der Waals surface area contributed by atoms with Crippen LogP contribution >= 0.6 is 0 Å². The van der Waals surface area contributed by atoms with Crippen LogP contribution in [0.1, 0.15) is 12.5 Å². The van der Waals surface area contributed by atoms with Crippen LogP contribution in [0.4, 0.5) is 0 Å². The van der Waals surface area contributed by atoms with Crippen molar-refractivity contribution in [1.82, 2.24) is 14.6 Å². The average molecular weight is 223 g/mol. The number of aromatic nitrogens is 3. The fraction of sp³-hybridized carbons (Fsp3) is 0.143. The molecule has 0 amide bonds. The Morgan fingerprint density at radius 3 is 2.94 bits per heavy atom. The van der Waals surface area contributed by atoms with Gasteiger partial charge in [-0.25, -0.2) is 9.50 Å². The molecule has 0 saturated carbocycles. The van der Waals surface area contributed by atoms with Crippen molar-refractivity contribution in [2.24, 2.45) is 0 Å². The van der Waals surface area contributed by atoms with E-state index in [1.54, 1.807) is 10.7 Å². The van der Waals surface area contributed by atoms with Crippen molar-refractivity contribution in [1.29, 1.82) is 0 Å². The van der Waals surface area contributed by atoms with E-state index < -0.39 is 0 Å². The Hall–Kier alpha value is -2.16. The van der Waals surface area contributed by atoms with Gasteiger partial charge in [-0.15, -0.1) is 0 Å². The Kier molecular flexibility index (Phi) is 2.37. The number of rotatable bonds is 2. The van der Waals surface area contributed by atoms with Gasteiger partial charge in [-0.2, -0.15) is 5.10 Å². The van der Waals surface area contributed by atoms with Gasteiger partial charge in [0.25, 0.3) is 0 Å². The van der Waals surface area contributed by atoms with E-state index in [4.69, 9.17) is 0 Å². The third-order valence-corrected chi connectivity index (χ3v) is 2.87. The minimum absolute atomic E-state index is 0.879. The van der Waals surface area contributed by atoms with Gasteiger partial charge in [0.15, 0.2) is 5.65 Å². The van der Waals surface area contributed by atoms with Crippen molar-refractivity contribution in [2.75, 3.05) is 0 Å². The monoisotopic (exact) mass is 223 g/mol. The highest BCUT2D eigenvalue weighted by Crippen LogP contribution is 2.19. The molecule has 3 nitrogen and oxygen atoms in total. The van der Waals surface area contributed by atoms with Gasteiger partial charge in [0.05, 0.1) is 11.9 Å². The molecular formula is C14H13N3. The Balaban J connectivity index is 2.13. The summed E-state index contributed by atoms with van der Waals surface area (Å²) in [5.41, 5.74) is 4.32. The lowest BCUT2D eigenvalue weighted by Gasteiger charge is -1.99. The molecule has 1 aromatic carbocycles. The van der Waals surface area contributed by atoms with Crippen molar-refractivity contribution in [2.45, 2.75) is 13.3 Å². The predicted molar refractivity (Wildman–Crippen MR) is 67.8 cm³/mol. The third-order valence-electron chi connectivity index (χ3n) is 2.87. The van der Waals surface area contributed by atoms with E-state index in [9.17, 15) is 0 Å². The van der Waals surface area contributed by atoms with Crippen molar-refractivity contribution in [3.8, 4) is 11.3 Å². The maximum atomic E-state index is 4.56. The fourth-order valence-corrected chi connectivity index (χ4v) is 1.92. The van der Waals surface area contributed by atoms with Crippen LogP contribution in [0, 0.1) is 0 Å². The molecule has 0 radical (unpaired) electrons. The van der Waals surface area contributed by atoms with Crippen molar-refractivity contribution < 1.29 is 0 Å². The summed E-state index contributed by atoms with van der Waals surface area (Å²) in [6, 6.07) is 12.3. The first-order chi connectivity index (χ1) is 8.36. The lowest BCUT2D eigenvalue weighted by atomic mass is 10.1. The lowest BCUT2D eigenvalue weighted by Crippen LogP contribution is -1.85. The number of aryl methyl sites for hydroxylation is 1. The maximum absolute atomic E-state index is 4.56. The molecule has 3 heteroatoms. The summed E-state index contributed by atoms with van der Waals surface area (Å²) in [4.78, 5) is 4.56. The molecule has 3 aromatic rings. The van der Waals surface area contributed by atoms with Gasteiger partial charge in [0, 0.05) is 11.8 Å². The van der Waals surface area contributed by atoms with E-state index in [1.807, 2.05) is 18.3 Å². The Morgan fingerprint density at radius 2 is 2.12 bits per heavy atom. The smallest absolute Gasteiger partial charge is 0.154 e. The molecule has 0 aliphatic heterocycles. The van der Waals surface area contributed by atoms with Crippen LogP contribution in [0.25, 0.3) is 16.9 Å². The Bertz CT molecular complexity index is 622. The molecule has 0 spiro atoms. The van der Waals surface area contributed by atoms with Crippen LogP contribution in [-0.4, -0.2) is 14.6 Å². The van der Waals surface area contributed by atoms with Gasteiger partial charge in [0.1, 0.15) is 0 Å². The second kappa shape index (κ2) is 4.01. The van der Waals surface area contributed by atoms with Gasteiger partial charge in [-0.05, 0) is 30.2 Å². The lowest BCUT2D eigenvalue weighted by molar-refractivity contribution is 0.936. The summed E-state index contributed by atoms with van der Waals surface area (Å²) in [6.45, 7) is 2.16. The maximum Gasteiger partial charge on any atom is 0.154 e. The van der Waals surface area contributed by atoms with Gasteiger partial charge < -0.3 is 0 Å². The third kappa shape index (κ3) is 1.80. The quantitative estimate of drug-likeness (QED) is 0.668. The van der Waals surface area contributed by atoms with E-state index in [-0.39, 0.29) is 0 Å². The summed E-state index contributed by atoms with van der Waals surface area (Å²) < 4.78 is 1.80. The Labute approximate surface area is 99.7 Å². The number of hydrogen-bond acceptors (Lipinski definition) is 2. The number of fused-ring (bicyclic) bond motifs is 1. The van der Waals surface area contributed by atoms with Gasteiger partial charge in [-0.1, -0.05) is 25.1 Å². The van der Waals surface area contributed by atoms with Crippen LogP contribution in [0.3, 0.4) is 0 Å². The SMILES string of the molecule is CCc1cccc(-c2cn3ncccc3n2)c1. The first kappa shape index (κ1) is 10.0. The molecule has 0 fully saturated rings. The molecule has 0 bridgehead atoms. The summed E-state index contributed by atoms with van der Waals surface area (Å²) in [6.07, 6.45) is 4.77. The van der Waals surface area contributed by atoms with E-state index in [1.165, 1.54) is 5.56 Å². The van der Waals surface area contributed by atoms with E-state index in [0.29, 0.717) is 0 Å². The molecule has 0 aliphatic carbocycles. The van der Waals surface area contributed by atoms with Crippen LogP contribution in [-0.2, 0) is 6.42 Å². The molecule has 3 rings (SSSR count). The number of imidazole rings is 1. The topological polar surface area (TPSA) is 30.2 Å². The normalized spacial score (nSPS) is 10.9. The second-order valence-electron chi connectivity index (χ2n) is 4.01. The summed E-state index contributed by atoms with van der Waals surface area (Å²) >= 11 is 0. The molecule has 0 unspecified atom stereocenters. The standard InChI is InChI=1S/C14H13N3/c1-2-11-5-3-6-12(9-11)13-10-17-14(16-13)7-4-8-15-17/h3-10H,2H2,1H3. The van der Waals surface area contributed by atoms with E-state index in [2.05, 4.69) is 41.3 Å². The van der Waals surface area contributed by atoms with Crippen molar-refractivity contribution in [3.05, 3.63) is 54.4 Å². The second-order valence-corrected chi connectivity index (χ2v) is 4.01. The summed E-state index contributed by atoms with van der Waals surface area (Å²) in [5, 5.41) is 4.22. The molecule has 0 atom stereocenters. The average Bonchev–Trinajstić information content (AvgIpc) is 2.82. The van der Waals surface area contributed by atoms with E-state index >= 15 is 0 Å².